The van der Waals surface area contributed by atoms with E-state index >= 15 is 0 Å². The first-order valence-corrected chi connectivity index (χ1v) is 5.43. The van der Waals surface area contributed by atoms with E-state index in [9.17, 15) is 0 Å². The van der Waals surface area contributed by atoms with Gasteiger partial charge in [-0.05, 0) is 12.1 Å². The van der Waals surface area contributed by atoms with Crippen molar-refractivity contribution in [2.24, 2.45) is 0 Å². The van der Waals surface area contributed by atoms with Crippen molar-refractivity contribution in [3.63, 3.8) is 0 Å². The van der Waals surface area contributed by atoms with Crippen LogP contribution in [0.4, 0.5) is 5.69 Å². The summed E-state index contributed by atoms with van der Waals surface area (Å²) in [5.41, 5.74) is 0.850. The zero-order valence-electron chi connectivity index (χ0n) is 8.17. The molecule has 0 saturated heterocycles. The largest absolute Gasteiger partial charge is 0.395 e. The molecule has 0 unspecified atom stereocenters. The number of aliphatic hydroxyl groups excluding tert-OH is 2. The number of rotatable bonds is 5. The summed E-state index contributed by atoms with van der Waals surface area (Å²) < 4.78 is 0. The fourth-order valence-electron chi connectivity index (χ4n) is 1.28. The van der Waals surface area contributed by atoms with Crippen molar-refractivity contribution in [1.29, 1.82) is 0 Å². The standard InChI is InChI=1S/C9H14N2O2S2/c12-3-1-11(2-4-13)7-5-8(14)10-9(15)6-7/h5-6,12-13H,1-4H2,(H2,10,14,15). The molecular formula is C9H14N2O2S2. The molecule has 4 nitrogen and oxygen atoms in total. The number of hydrogen-bond acceptors (Lipinski definition) is 6. The van der Waals surface area contributed by atoms with Crippen LogP contribution in [-0.4, -0.2) is 41.5 Å². The number of aromatic nitrogens is 1. The molecule has 0 fully saturated rings. The van der Waals surface area contributed by atoms with Crippen LogP contribution in [0.2, 0.25) is 0 Å². The molecule has 1 aromatic heterocycles. The van der Waals surface area contributed by atoms with Crippen molar-refractivity contribution in [3.05, 3.63) is 12.1 Å². The number of hydrogen-bond donors (Lipinski definition) is 4. The minimum absolute atomic E-state index is 0.0339. The SMILES string of the molecule is OCCN(CCO)c1cc(S)nc(S)c1. The summed E-state index contributed by atoms with van der Waals surface area (Å²) >= 11 is 8.29. The maximum Gasteiger partial charge on any atom is 0.0963 e. The van der Waals surface area contributed by atoms with Crippen LogP contribution < -0.4 is 4.90 Å². The van der Waals surface area contributed by atoms with Gasteiger partial charge in [0, 0.05) is 18.8 Å². The highest BCUT2D eigenvalue weighted by molar-refractivity contribution is 7.80. The molecule has 1 heterocycles. The maximum absolute atomic E-state index is 8.89. The van der Waals surface area contributed by atoms with E-state index in [1.807, 2.05) is 4.90 Å². The molecule has 0 aliphatic carbocycles. The third-order valence-corrected chi connectivity index (χ3v) is 2.35. The fourth-order valence-corrected chi connectivity index (χ4v) is 1.84. The Morgan fingerprint density at radius 2 is 1.53 bits per heavy atom. The van der Waals surface area contributed by atoms with E-state index in [-0.39, 0.29) is 13.2 Å². The molecule has 0 aromatic carbocycles. The molecule has 15 heavy (non-hydrogen) atoms. The molecule has 1 aromatic rings. The van der Waals surface area contributed by atoms with Gasteiger partial charge < -0.3 is 15.1 Å². The van der Waals surface area contributed by atoms with Crippen molar-refractivity contribution in [2.75, 3.05) is 31.2 Å². The van der Waals surface area contributed by atoms with E-state index < -0.39 is 0 Å². The van der Waals surface area contributed by atoms with Crippen LogP contribution in [0.5, 0.6) is 0 Å². The minimum Gasteiger partial charge on any atom is -0.395 e. The molecule has 0 aliphatic rings. The second-order valence-corrected chi connectivity index (χ2v) is 3.89. The smallest absolute Gasteiger partial charge is 0.0963 e. The second-order valence-electron chi connectivity index (χ2n) is 2.98. The molecule has 2 N–H and O–H groups in total. The van der Waals surface area contributed by atoms with E-state index in [1.165, 1.54) is 0 Å². The highest BCUT2D eigenvalue weighted by Gasteiger charge is 2.07. The minimum atomic E-state index is 0.0339. The normalized spacial score (nSPS) is 10.4. The van der Waals surface area contributed by atoms with Gasteiger partial charge in [-0.3, -0.25) is 0 Å². The molecule has 0 atom stereocenters. The summed E-state index contributed by atoms with van der Waals surface area (Å²) in [4.78, 5) is 5.86. The molecule has 0 bridgehead atoms. The number of aliphatic hydroxyl groups is 2. The van der Waals surface area contributed by atoms with Gasteiger partial charge in [0.15, 0.2) is 0 Å². The predicted octanol–water partition coefficient (Wildman–Crippen LogP) is 0.450. The van der Waals surface area contributed by atoms with Gasteiger partial charge in [0.1, 0.15) is 0 Å². The summed E-state index contributed by atoms with van der Waals surface area (Å²) in [5.74, 6) is 0. The van der Waals surface area contributed by atoms with Crippen LogP contribution in [-0.2, 0) is 0 Å². The third-order valence-electron chi connectivity index (χ3n) is 1.89. The first kappa shape index (κ1) is 12.6. The molecule has 0 radical (unpaired) electrons. The van der Waals surface area contributed by atoms with Crippen LogP contribution in [0.3, 0.4) is 0 Å². The molecule has 84 valence electrons. The van der Waals surface area contributed by atoms with E-state index in [2.05, 4.69) is 30.2 Å². The zero-order chi connectivity index (χ0) is 11.3. The van der Waals surface area contributed by atoms with E-state index in [0.29, 0.717) is 23.1 Å². The summed E-state index contributed by atoms with van der Waals surface area (Å²) in [7, 11) is 0. The van der Waals surface area contributed by atoms with Crippen LogP contribution in [0.15, 0.2) is 22.2 Å². The lowest BCUT2D eigenvalue weighted by atomic mass is 10.3. The Balaban J connectivity index is 2.88. The Bertz CT molecular complexity index is 297. The van der Waals surface area contributed by atoms with Crippen LogP contribution >= 0.6 is 25.3 Å². The molecule has 0 aliphatic heterocycles. The molecular weight excluding hydrogens is 232 g/mol. The lowest BCUT2D eigenvalue weighted by Crippen LogP contribution is -2.29. The average Bonchev–Trinajstić information content (AvgIpc) is 2.16. The number of pyridine rings is 1. The van der Waals surface area contributed by atoms with Gasteiger partial charge in [0.2, 0.25) is 0 Å². The number of thiol groups is 2. The lowest BCUT2D eigenvalue weighted by Gasteiger charge is -2.23. The fraction of sp³-hybridized carbons (Fsp3) is 0.444. The topological polar surface area (TPSA) is 56.6 Å². The zero-order valence-corrected chi connectivity index (χ0v) is 9.96. The molecule has 0 amide bonds. The van der Waals surface area contributed by atoms with Gasteiger partial charge >= 0.3 is 0 Å². The summed E-state index contributed by atoms with van der Waals surface area (Å²) in [6.45, 7) is 0.994. The number of anilines is 1. The summed E-state index contributed by atoms with van der Waals surface area (Å²) in [5, 5.41) is 18.9. The predicted molar refractivity (Wildman–Crippen MR) is 65.1 cm³/mol. The second kappa shape index (κ2) is 6.22. The quantitative estimate of drug-likeness (QED) is 0.570. The van der Waals surface area contributed by atoms with E-state index in [0.717, 1.165) is 5.69 Å². The van der Waals surface area contributed by atoms with Crippen LogP contribution in [0.25, 0.3) is 0 Å². The van der Waals surface area contributed by atoms with Gasteiger partial charge in [0.05, 0.1) is 23.3 Å². The van der Waals surface area contributed by atoms with Gasteiger partial charge in [-0.15, -0.1) is 25.3 Å². The number of nitrogens with zero attached hydrogens (tertiary/aromatic N) is 2. The van der Waals surface area contributed by atoms with Gasteiger partial charge in [-0.2, -0.15) is 0 Å². The monoisotopic (exact) mass is 246 g/mol. The third kappa shape index (κ3) is 3.90. The summed E-state index contributed by atoms with van der Waals surface area (Å²) in [6.07, 6.45) is 0. The Kier molecular flexibility index (Phi) is 5.24. The molecule has 1 rings (SSSR count). The average molecular weight is 246 g/mol. The Morgan fingerprint density at radius 1 is 1.07 bits per heavy atom. The van der Waals surface area contributed by atoms with Crippen LogP contribution in [0.1, 0.15) is 0 Å². The Morgan fingerprint density at radius 3 is 1.93 bits per heavy atom. The Labute approximate surface area is 99.8 Å². The van der Waals surface area contributed by atoms with Gasteiger partial charge in [-0.1, -0.05) is 0 Å². The molecule has 0 spiro atoms. The van der Waals surface area contributed by atoms with Crippen molar-refractivity contribution in [1.82, 2.24) is 4.98 Å². The summed E-state index contributed by atoms with van der Waals surface area (Å²) in [6, 6.07) is 3.54. The Hall–Kier alpha value is -0.430. The van der Waals surface area contributed by atoms with Crippen molar-refractivity contribution < 1.29 is 10.2 Å². The highest BCUT2D eigenvalue weighted by atomic mass is 32.1. The first-order valence-electron chi connectivity index (χ1n) is 4.54. The molecule has 6 heteroatoms. The van der Waals surface area contributed by atoms with Gasteiger partial charge in [0.25, 0.3) is 0 Å². The molecule has 0 saturated carbocycles. The van der Waals surface area contributed by atoms with Gasteiger partial charge in [-0.25, -0.2) is 4.98 Å². The maximum atomic E-state index is 8.89. The van der Waals surface area contributed by atoms with E-state index in [4.69, 9.17) is 10.2 Å². The van der Waals surface area contributed by atoms with Crippen molar-refractivity contribution >= 4 is 30.9 Å². The van der Waals surface area contributed by atoms with Crippen molar-refractivity contribution in [3.8, 4) is 0 Å². The highest BCUT2D eigenvalue weighted by Crippen LogP contribution is 2.20. The van der Waals surface area contributed by atoms with Crippen LogP contribution in [0, 0.1) is 0 Å². The van der Waals surface area contributed by atoms with E-state index in [1.54, 1.807) is 12.1 Å². The van der Waals surface area contributed by atoms with Crippen molar-refractivity contribution in [2.45, 2.75) is 10.1 Å². The first-order chi connectivity index (χ1) is 7.17. The lowest BCUT2D eigenvalue weighted by molar-refractivity contribution is 0.281.